The van der Waals surface area contributed by atoms with Gasteiger partial charge in [0.25, 0.3) is 0 Å². The normalized spacial score (nSPS) is 27.9. The zero-order valence-corrected chi connectivity index (χ0v) is 59.7. The number of hydrogen-bond donors (Lipinski definition) is 5. The van der Waals surface area contributed by atoms with Crippen LogP contribution in [0.15, 0.2) is 66.7 Å². The van der Waals surface area contributed by atoms with E-state index in [4.69, 9.17) is 21.9 Å². The number of piperidine rings is 3. The molecule has 104 heavy (non-hydrogen) atoms. The van der Waals surface area contributed by atoms with Crippen LogP contribution in [-0.4, -0.2) is 142 Å². The Morgan fingerprint density at radius 1 is 0.481 bits per heavy atom. The van der Waals surface area contributed by atoms with E-state index in [1.165, 1.54) is 0 Å². The van der Waals surface area contributed by atoms with Crippen molar-refractivity contribution in [3.05, 3.63) is 141 Å². The Labute approximate surface area is 602 Å². The van der Waals surface area contributed by atoms with Gasteiger partial charge in [0.05, 0.1) is 13.2 Å². The number of amides is 6. The Hall–Kier alpha value is -7.09. The summed E-state index contributed by atoms with van der Waals surface area (Å²) in [7, 11) is 0. The van der Waals surface area contributed by atoms with Gasteiger partial charge in [-0.25, -0.2) is 39.5 Å². The van der Waals surface area contributed by atoms with Crippen molar-refractivity contribution in [1.82, 2.24) is 30.2 Å². The quantitative estimate of drug-likeness (QED) is 0.0360. The van der Waals surface area contributed by atoms with Crippen LogP contribution < -0.4 is 27.8 Å². The molecule has 8 N–H and O–H groups in total. The van der Waals surface area contributed by atoms with E-state index in [1.807, 2.05) is 45.0 Å². The smallest absolute Gasteiger partial charge is 0.238 e. The van der Waals surface area contributed by atoms with E-state index in [2.05, 4.69) is 31.4 Å². The number of morpholine rings is 1. The van der Waals surface area contributed by atoms with Crippen LogP contribution in [0.1, 0.15) is 178 Å². The molecule has 6 amide bonds. The molecule has 3 aliphatic carbocycles. The lowest BCUT2D eigenvalue weighted by molar-refractivity contribution is -0.155. The maximum Gasteiger partial charge on any atom is 0.238 e. The number of nitrogens with one attached hydrogen (secondary N) is 2. The summed E-state index contributed by atoms with van der Waals surface area (Å²) in [5.41, 5.74) is 18.8. The summed E-state index contributed by atoms with van der Waals surface area (Å²) in [5.74, 6) is -9.25. The maximum absolute atomic E-state index is 14.1. The molecule has 3 unspecified atom stereocenters. The van der Waals surface area contributed by atoms with Crippen LogP contribution >= 0.6 is 0 Å². The number of halogens is 9. The molecule has 14 rings (SSSR count). The van der Waals surface area contributed by atoms with Crippen molar-refractivity contribution in [2.45, 2.75) is 242 Å². The van der Waals surface area contributed by atoms with E-state index in [0.29, 0.717) is 121 Å². The molecule has 0 radical (unpaired) electrons. The number of rotatable bonds is 18. The van der Waals surface area contributed by atoms with Crippen LogP contribution in [0.25, 0.3) is 0 Å². The molecule has 4 aromatic rings. The Kier molecular flexibility index (Phi) is 23.4. The molecule has 7 aliphatic heterocycles. The van der Waals surface area contributed by atoms with Gasteiger partial charge in [0, 0.05) is 98.3 Å². The first-order valence-corrected chi connectivity index (χ1v) is 37.6. The standard InChI is InChI=1S/C28H40F3N3O2.C27H30F3N3O2.C24H30F3N3O3/c1-28(2,3)18-4-6-19(7-5-18)33-26(35)15-27(36)34-20-8-9-21(34)11-17(10-20)25(32)13-16-12-23(30)24(31)14-22(16)29;28-21-14-23(30)22(29)12-17(21)13-24(31)18-10-19-6-7-20(11-18)33(19)26(35)27(8-9-27)25(34)32-15-16-4-2-1-3-5-16;25-18-13-20(27)19(26)11-14(18)12-21(28)15-9-16-1-2-17(10-15)30(16)23(32)24(3-4-24)22(31)29-5-7-33-8-6-29/h12,14,17-21,25H,4-11,13,15,32H2,1-3H3,(H,33,35);1-5,12,14,18-20,24H,6-11,13,15,31H2,(H,32,34);11,13,15-17,21H,1-10,12,28H2/t17?,18?,19?,20-,21+,25-;18?,19-,20+,24-;15?,16-,17+,21-/m111/s1. The van der Waals surface area contributed by atoms with Gasteiger partial charge in [-0.15, -0.1) is 0 Å². The molecule has 7 heterocycles. The lowest BCUT2D eigenvalue weighted by Crippen LogP contribution is -2.56. The van der Waals surface area contributed by atoms with Gasteiger partial charge in [-0.3, -0.25) is 28.8 Å². The molecular formula is C79H100F9N9O7. The summed E-state index contributed by atoms with van der Waals surface area (Å²) < 4.78 is 128. The SMILES string of the molecule is CC(C)(C)C1CCC(NC(=O)CC(=O)N2[C@@H]3CC[C@H]2CC([C@H](N)Cc2cc(F)c(F)cc2F)C3)CC1.N[C@H](Cc1cc(F)c(F)cc1F)C1C[C@H]2CC[C@@H](C1)N2C(=O)C1(C(=O)N2CCOCC2)CC1.N[C@H](Cc1cc(F)c(F)cc1F)C1C[C@H]2CC[C@@H](C1)N2C(=O)C1(C(=O)NCc2ccccc2)CC1. The van der Waals surface area contributed by atoms with Gasteiger partial charge in [0.1, 0.15) is 34.7 Å². The molecule has 16 nitrogen and oxygen atoms in total. The number of fused-ring (bicyclic) bond motifs is 6. The van der Waals surface area contributed by atoms with Crippen LogP contribution in [-0.2, 0) is 59.3 Å². The van der Waals surface area contributed by atoms with E-state index < -0.39 is 81.3 Å². The molecule has 12 atom stereocenters. The molecule has 25 heteroatoms. The Bertz CT molecular complexity index is 3770. The first kappa shape index (κ1) is 76.6. The Balaban J connectivity index is 0.000000147. The van der Waals surface area contributed by atoms with Gasteiger partial charge >= 0.3 is 0 Å². The van der Waals surface area contributed by atoms with Crippen molar-refractivity contribution in [3.8, 4) is 0 Å². The average molecular weight is 1460 g/mol. The van der Waals surface area contributed by atoms with E-state index in [0.717, 1.165) is 88.0 Å². The molecule has 6 bridgehead atoms. The monoisotopic (exact) mass is 1460 g/mol. The third-order valence-electron chi connectivity index (χ3n) is 24.9. The second kappa shape index (κ2) is 31.8. The molecular weight excluding hydrogens is 1360 g/mol. The highest BCUT2D eigenvalue weighted by atomic mass is 19.2. The summed E-state index contributed by atoms with van der Waals surface area (Å²) in [6.45, 7) is 9.24. The van der Waals surface area contributed by atoms with E-state index in [-0.39, 0.29) is 143 Å². The first-order chi connectivity index (χ1) is 49.5. The highest BCUT2D eigenvalue weighted by Gasteiger charge is 2.63. The van der Waals surface area contributed by atoms with E-state index in [1.54, 1.807) is 4.90 Å². The molecule has 7 saturated heterocycles. The van der Waals surface area contributed by atoms with E-state index >= 15 is 0 Å². The van der Waals surface area contributed by atoms with E-state index in [9.17, 15) is 68.3 Å². The fraction of sp³-hybridized carbons (Fsp3) is 0.620. The molecule has 566 valence electrons. The predicted molar refractivity (Wildman–Crippen MR) is 370 cm³/mol. The number of ether oxygens (including phenoxy) is 1. The number of benzene rings is 4. The Morgan fingerprint density at radius 2 is 0.846 bits per heavy atom. The zero-order chi connectivity index (χ0) is 74.3. The number of carbonyl (C=O) groups is 6. The van der Waals surface area contributed by atoms with Gasteiger partial charge in [0.2, 0.25) is 35.4 Å². The minimum absolute atomic E-state index is 0.00787. The lowest BCUT2D eigenvalue weighted by atomic mass is 9.71. The van der Waals surface area contributed by atoms with Crippen LogP contribution in [0.5, 0.6) is 0 Å². The van der Waals surface area contributed by atoms with Crippen molar-refractivity contribution < 1.29 is 73.0 Å². The van der Waals surface area contributed by atoms with Gasteiger partial charge in [-0.2, -0.15) is 0 Å². The largest absolute Gasteiger partial charge is 0.378 e. The third-order valence-corrected chi connectivity index (χ3v) is 24.9. The topological polar surface area (TPSA) is 227 Å². The summed E-state index contributed by atoms with van der Waals surface area (Å²) in [6, 6.07) is 12.8. The summed E-state index contributed by atoms with van der Waals surface area (Å²) >= 11 is 0. The minimum Gasteiger partial charge on any atom is -0.378 e. The zero-order valence-electron chi connectivity index (χ0n) is 59.7. The van der Waals surface area contributed by atoms with Crippen LogP contribution in [0.2, 0.25) is 0 Å². The van der Waals surface area contributed by atoms with Crippen molar-refractivity contribution >= 4 is 35.4 Å². The maximum atomic E-state index is 14.1. The molecule has 0 spiro atoms. The third kappa shape index (κ3) is 16.8. The number of carbonyl (C=O) groups excluding carboxylic acids is 6. The fourth-order valence-electron chi connectivity index (χ4n) is 18.6. The van der Waals surface area contributed by atoms with Gasteiger partial charge in [-0.1, -0.05) is 51.1 Å². The Morgan fingerprint density at radius 3 is 1.22 bits per heavy atom. The van der Waals surface area contributed by atoms with Crippen LogP contribution in [0, 0.1) is 92.3 Å². The number of nitrogens with two attached hydrogens (primary N) is 3. The van der Waals surface area contributed by atoms with Crippen LogP contribution in [0.4, 0.5) is 39.5 Å². The number of nitrogens with zero attached hydrogens (tertiary/aromatic N) is 4. The first-order valence-electron chi connectivity index (χ1n) is 37.6. The molecule has 10 fully saturated rings. The highest BCUT2D eigenvalue weighted by molar-refractivity contribution is 6.09. The number of hydrogen-bond acceptors (Lipinski definition) is 10. The van der Waals surface area contributed by atoms with Gasteiger partial charge in [0.15, 0.2) is 34.9 Å². The molecule has 10 aliphatic rings. The van der Waals surface area contributed by atoms with Crippen LogP contribution in [0.3, 0.4) is 0 Å². The molecule has 4 aromatic carbocycles. The second-order valence-electron chi connectivity index (χ2n) is 32.6. The lowest BCUT2D eigenvalue weighted by Gasteiger charge is -2.43. The summed E-state index contributed by atoms with van der Waals surface area (Å²) in [5, 5.41) is 6.02. The van der Waals surface area contributed by atoms with Crippen molar-refractivity contribution in [3.63, 3.8) is 0 Å². The van der Waals surface area contributed by atoms with Gasteiger partial charge < -0.3 is 52.2 Å². The molecule has 0 aromatic heterocycles. The van der Waals surface area contributed by atoms with Crippen molar-refractivity contribution in [2.24, 2.45) is 57.1 Å². The van der Waals surface area contributed by atoms with Crippen molar-refractivity contribution in [2.75, 3.05) is 26.3 Å². The summed E-state index contributed by atoms with van der Waals surface area (Å²) in [4.78, 5) is 86.6. The molecule has 3 saturated carbocycles. The predicted octanol–water partition coefficient (Wildman–Crippen LogP) is 11.1. The second-order valence-corrected chi connectivity index (χ2v) is 32.6. The van der Waals surface area contributed by atoms with Gasteiger partial charge in [-0.05, 0) is 217 Å². The summed E-state index contributed by atoms with van der Waals surface area (Å²) in [6.07, 6.45) is 15.7. The van der Waals surface area contributed by atoms with Crippen molar-refractivity contribution in [1.29, 1.82) is 0 Å². The highest BCUT2D eigenvalue weighted by Crippen LogP contribution is 2.54. The minimum atomic E-state index is -1.22. The fourth-order valence-corrected chi connectivity index (χ4v) is 18.6. The average Bonchev–Trinajstić information content (AvgIpc) is 1.58.